The zero-order valence-electron chi connectivity index (χ0n) is 11.1. The summed E-state index contributed by atoms with van der Waals surface area (Å²) in [6, 6.07) is 3.03. The van der Waals surface area contributed by atoms with Crippen molar-refractivity contribution in [2.75, 3.05) is 0 Å². The van der Waals surface area contributed by atoms with Gasteiger partial charge in [-0.25, -0.2) is 0 Å². The molecule has 1 aromatic carbocycles. The molecule has 0 spiro atoms. The average Bonchev–Trinajstić information content (AvgIpc) is 2.82. The van der Waals surface area contributed by atoms with Gasteiger partial charge in [0.15, 0.2) is 0 Å². The van der Waals surface area contributed by atoms with Crippen molar-refractivity contribution in [1.82, 2.24) is 9.78 Å². The summed E-state index contributed by atoms with van der Waals surface area (Å²) < 4.78 is 77.9. The highest BCUT2D eigenvalue weighted by Crippen LogP contribution is 2.29. The molecule has 0 radical (unpaired) electrons. The molecule has 0 fully saturated rings. The quantitative estimate of drug-likeness (QED) is 0.629. The van der Waals surface area contributed by atoms with E-state index in [1.165, 1.54) is 6.07 Å². The fourth-order valence-electron chi connectivity index (χ4n) is 1.83. The Bertz CT molecular complexity index is 705. The van der Waals surface area contributed by atoms with E-state index in [4.69, 9.17) is 0 Å². The molecule has 0 aliphatic rings. The fourth-order valence-corrected chi connectivity index (χ4v) is 1.83. The summed E-state index contributed by atoms with van der Waals surface area (Å²) >= 11 is 0. The standard InChI is InChI=1S/C13H8F6N2O2/c14-12(15,16)7-21-5-10(4-20-21)9-1-8(6-22)2-11(3-9)23-13(17,18)19/h1-6H,7H2. The summed E-state index contributed by atoms with van der Waals surface area (Å²) in [5.41, 5.74) is 0.0672. The first kappa shape index (κ1) is 16.8. The number of aldehydes is 1. The lowest BCUT2D eigenvalue weighted by molar-refractivity contribution is -0.274. The molecule has 4 nitrogen and oxygen atoms in total. The molecular weight excluding hydrogens is 330 g/mol. The van der Waals surface area contributed by atoms with Crippen LogP contribution >= 0.6 is 0 Å². The third-order valence-corrected chi connectivity index (χ3v) is 2.61. The van der Waals surface area contributed by atoms with Gasteiger partial charge in [-0.05, 0) is 23.8 Å². The number of benzene rings is 1. The molecule has 0 atom stereocenters. The van der Waals surface area contributed by atoms with Gasteiger partial charge in [-0.3, -0.25) is 9.48 Å². The van der Waals surface area contributed by atoms with Crippen molar-refractivity contribution in [3.63, 3.8) is 0 Å². The summed E-state index contributed by atoms with van der Waals surface area (Å²) in [6.45, 7) is -1.34. The van der Waals surface area contributed by atoms with Crippen molar-refractivity contribution in [2.24, 2.45) is 0 Å². The van der Waals surface area contributed by atoms with Crippen LogP contribution in [-0.2, 0) is 6.54 Å². The number of rotatable bonds is 4. The summed E-state index contributed by atoms with van der Waals surface area (Å²) in [7, 11) is 0. The summed E-state index contributed by atoms with van der Waals surface area (Å²) in [6.07, 6.45) is -7.09. The van der Waals surface area contributed by atoms with E-state index in [0.29, 0.717) is 11.0 Å². The highest BCUT2D eigenvalue weighted by Gasteiger charge is 2.31. The van der Waals surface area contributed by atoms with E-state index in [1.54, 1.807) is 0 Å². The van der Waals surface area contributed by atoms with Gasteiger partial charge in [-0.1, -0.05) is 0 Å². The summed E-state index contributed by atoms with van der Waals surface area (Å²) in [5.74, 6) is -0.652. The molecule has 10 heteroatoms. The van der Waals surface area contributed by atoms with Crippen molar-refractivity contribution in [1.29, 1.82) is 0 Å². The second-order valence-corrected chi connectivity index (χ2v) is 4.50. The minimum atomic E-state index is -4.96. The van der Waals surface area contributed by atoms with Crippen molar-refractivity contribution in [3.8, 4) is 16.9 Å². The summed E-state index contributed by atoms with van der Waals surface area (Å²) in [5, 5.41) is 3.48. The number of hydrogen-bond acceptors (Lipinski definition) is 3. The number of nitrogens with zero attached hydrogens (tertiary/aromatic N) is 2. The van der Waals surface area contributed by atoms with Crippen LogP contribution in [0.2, 0.25) is 0 Å². The Balaban J connectivity index is 2.35. The lowest BCUT2D eigenvalue weighted by atomic mass is 10.1. The van der Waals surface area contributed by atoms with E-state index < -0.39 is 24.8 Å². The van der Waals surface area contributed by atoms with Gasteiger partial charge >= 0.3 is 12.5 Å². The molecule has 0 bridgehead atoms. The van der Waals surface area contributed by atoms with E-state index in [0.717, 1.165) is 24.5 Å². The Labute approximate surface area is 125 Å². The molecule has 1 heterocycles. The van der Waals surface area contributed by atoms with Crippen LogP contribution in [-0.4, -0.2) is 28.6 Å². The van der Waals surface area contributed by atoms with Gasteiger partial charge in [-0.15, -0.1) is 13.2 Å². The van der Waals surface area contributed by atoms with Crippen LogP contribution in [0.1, 0.15) is 10.4 Å². The predicted molar refractivity (Wildman–Crippen MR) is 65.8 cm³/mol. The third-order valence-electron chi connectivity index (χ3n) is 2.61. The second-order valence-electron chi connectivity index (χ2n) is 4.50. The Morgan fingerprint density at radius 1 is 1.09 bits per heavy atom. The molecule has 0 N–H and O–H groups in total. The maximum atomic E-state index is 12.3. The molecule has 2 aromatic rings. The van der Waals surface area contributed by atoms with E-state index in [1.807, 2.05) is 0 Å². The number of alkyl halides is 6. The Kier molecular flexibility index (Phi) is 4.35. The van der Waals surface area contributed by atoms with Crippen molar-refractivity contribution >= 4 is 6.29 Å². The van der Waals surface area contributed by atoms with E-state index >= 15 is 0 Å². The Morgan fingerprint density at radius 3 is 2.35 bits per heavy atom. The molecule has 0 unspecified atom stereocenters. The second kappa shape index (κ2) is 5.94. The third kappa shape index (κ3) is 5.01. The minimum absolute atomic E-state index is 0.0716. The van der Waals surface area contributed by atoms with Gasteiger partial charge in [0.1, 0.15) is 18.6 Å². The molecule has 23 heavy (non-hydrogen) atoms. The van der Waals surface area contributed by atoms with E-state index in [-0.39, 0.29) is 16.7 Å². The SMILES string of the molecule is O=Cc1cc(OC(F)(F)F)cc(-c2cnn(CC(F)(F)F)c2)c1. The van der Waals surface area contributed by atoms with Crippen LogP contribution in [0.3, 0.4) is 0 Å². The zero-order valence-corrected chi connectivity index (χ0v) is 11.1. The molecule has 2 rings (SSSR count). The van der Waals surface area contributed by atoms with Gasteiger partial charge in [0.2, 0.25) is 0 Å². The van der Waals surface area contributed by atoms with Crippen molar-refractivity contribution < 1.29 is 35.9 Å². The Morgan fingerprint density at radius 2 is 1.78 bits per heavy atom. The molecular formula is C13H8F6N2O2. The highest BCUT2D eigenvalue weighted by molar-refractivity contribution is 5.80. The molecule has 0 amide bonds. The van der Waals surface area contributed by atoms with Crippen LogP contribution in [0, 0.1) is 0 Å². The first-order valence-electron chi connectivity index (χ1n) is 6.01. The topological polar surface area (TPSA) is 44.1 Å². The van der Waals surface area contributed by atoms with Gasteiger partial charge in [0.25, 0.3) is 0 Å². The first-order valence-corrected chi connectivity index (χ1v) is 6.01. The predicted octanol–water partition coefficient (Wildman–Crippen LogP) is 3.82. The van der Waals surface area contributed by atoms with Crippen LogP contribution in [0.25, 0.3) is 11.1 Å². The smallest absolute Gasteiger partial charge is 0.406 e. The fraction of sp³-hybridized carbons (Fsp3) is 0.231. The monoisotopic (exact) mass is 338 g/mol. The highest BCUT2D eigenvalue weighted by atomic mass is 19.4. The van der Waals surface area contributed by atoms with Gasteiger partial charge in [0, 0.05) is 17.3 Å². The largest absolute Gasteiger partial charge is 0.573 e. The van der Waals surface area contributed by atoms with Gasteiger partial charge < -0.3 is 4.74 Å². The van der Waals surface area contributed by atoms with Crippen LogP contribution in [0.15, 0.2) is 30.6 Å². The molecule has 1 aromatic heterocycles. The van der Waals surface area contributed by atoms with Gasteiger partial charge in [-0.2, -0.15) is 18.3 Å². The lowest BCUT2D eigenvalue weighted by Crippen LogP contribution is -2.17. The number of ether oxygens (including phenoxy) is 1. The lowest BCUT2D eigenvalue weighted by Gasteiger charge is -2.10. The maximum absolute atomic E-state index is 12.3. The van der Waals surface area contributed by atoms with Gasteiger partial charge in [0.05, 0.1) is 6.20 Å². The Hall–Kier alpha value is -2.52. The molecule has 124 valence electrons. The maximum Gasteiger partial charge on any atom is 0.573 e. The first-order chi connectivity index (χ1) is 10.6. The molecule has 0 saturated carbocycles. The number of aromatic nitrogens is 2. The summed E-state index contributed by atoms with van der Waals surface area (Å²) in [4.78, 5) is 10.8. The van der Waals surface area contributed by atoms with Crippen LogP contribution < -0.4 is 4.74 Å². The molecule has 0 saturated heterocycles. The van der Waals surface area contributed by atoms with Crippen LogP contribution in [0.5, 0.6) is 5.75 Å². The number of halogens is 6. The average molecular weight is 338 g/mol. The number of carbonyl (C=O) groups is 1. The number of hydrogen-bond donors (Lipinski definition) is 0. The van der Waals surface area contributed by atoms with Crippen molar-refractivity contribution in [2.45, 2.75) is 19.1 Å². The van der Waals surface area contributed by atoms with E-state index in [9.17, 15) is 31.1 Å². The molecule has 0 aliphatic carbocycles. The zero-order chi connectivity index (χ0) is 17.3. The number of carbonyl (C=O) groups excluding carboxylic acids is 1. The normalized spacial score (nSPS) is 12.3. The van der Waals surface area contributed by atoms with E-state index in [2.05, 4.69) is 9.84 Å². The molecule has 0 aliphatic heterocycles. The van der Waals surface area contributed by atoms with Crippen molar-refractivity contribution in [3.05, 3.63) is 36.2 Å². The van der Waals surface area contributed by atoms with Crippen LogP contribution in [0.4, 0.5) is 26.3 Å². The minimum Gasteiger partial charge on any atom is -0.406 e.